The average molecular weight is 385 g/mol. The predicted molar refractivity (Wildman–Crippen MR) is 102 cm³/mol. The molecule has 28 heavy (non-hydrogen) atoms. The molecule has 0 atom stereocenters. The van der Waals surface area contributed by atoms with Crippen LogP contribution in [-0.4, -0.2) is 50.3 Å². The Balaban J connectivity index is 1.51. The summed E-state index contributed by atoms with van der Waals surface area (Å²) in [7, 11) is 1.71. The van der Waals surface area contributed by atoms with Crippen molar-refractivity contribution >= 4 is 11.9 Å². The van der Waals surface area contributed by atoms with Crippen LogP contribution in [0.4, 0.5) is 0 Å². The first-order chi connectivity index (χ1) is 13.6. The van der Waals surface area contributed by atoms with Gasteiger partial charge in [-0.05, 0) is 48.9 Å². The molecule has 2 aromatic rings. The van der Waals surface area contributed by atoms with Crippen molar-refractivity contribution in [3.05, 3.63) is 53.6 Å². The van der Waals surface area contributed by atoms with E-state index in [1.54, 1.807) is 43.1 Å². The summed E-state index contributed by atoms with van der Waals surface area (Å²) >= 11 is 0. The lowest BCUT2D eigenvalue weighted by atomic mass is 10.2. The largest absolute Gasteiger partial charge is 0.486 e. The summed E-state index contributed by atoms with van der Waals surface area (Å²) in [6.07, 6.45) is 0. The highest BCUT2D eigenvalue weighted by Gasteiger charge is 2.15. The van der Waals surface area contributed by atoms with Crippen molar-refractivity contribution in [2.45, 2.75) is 13.5 Å². The first-order valence-corrected chi connectivity index (χ1v) is 9.09. The van der Waals surface area contributed by atoms with Gasteiger partial charge >= 0.3 is 5.97 Å². The van der Waals surface area contributed by atoms with Gasteiger partial charge in [0.2, 0.25) is 0 Å². The monoisotopic (exact) mass is 385 g/mol. The molecule has 0 fully saturated rings. The lowest BCUT2D eigenvalue weighted by molar-refractivity contribution is -0.132. The summed E-state index contributed by atoms with van der Waals surface area (Å²) in [5, 5.41) is 0. The first kappa shape index (κ1) is 19.5. The maximum absolute atomic E-state index is 12.3. The maximum atomic E-state index is 12.3. The molecule has 0 saturated heterocycles. The third-order valence-electron chi connectivity index (χ3n) is 4.18. The fourth-order valence-corrected chi connectivity index (χ4v) is 2.71. The van der Waals surface area contributed by atoms with E-state index < -0.39 is 0 Å². The third kappa shape index (κ3) is 4.94. The van der Waals surface area contributed by atoms with Crippen LogP contribution in [0.15, 0.2) is 42.5 Å². The number of amides is 1. The van der Waals surface area contributed by atoms with Crippen LogP contribution < -0.4 is 14.2 Å². The molecule has 0 N–H and O–H groups in total. The zero-order valence-electron chi connectivity index (χ0n) is 16.0. The van der Waals surface area contributed by atoms with Gasteiger partial charge in [0.25, 0.3) is 5.91 Å². The molecule has 0 aromatic heterocycles. The Morgan fingerprint density at radius 2 is 1.75 bits per heavy atom. The van der Waals surface area contributed by atoms with Crippen LogP contribution in [0.2, 0.25) is 0 Å². The van der Waals surface area contributed by atoms with Crippen molar-refractivity contribution in [1.82, 2.24) is 4.90 Å². The minimum absolute atomic E-state index is 0.0974. The van der Waals surface area contributed by atoms with Gasteiger partial charge in [-0.25, -0.2) is 4.79 Å². The van der Waals surface area contributed by atoms with Crippen molar-refractivity contribution in [3.63, 3.8) is 0 Å². The second-order valence-electron chi connectivity index (χ2n) is 6.26. The van der Waals surface area contributed by atoms with E-state index in [2.05, 4.69) is 0 Å². The number of fused-ring (bicyclic) bond motifs is 1. The van der Waals surface area contributed by atoms with Gasteiger partial charge in [-0.3, -0.25) is 4.79 Å². The van der Waals surface area contributed by atoms with E-state index in [0.717, 1.165) is 11.3 Å². The standard InChI is InChI=1S/C21H23NO6/c1-3-25-21(24)16-5-7-17(8-6-16)28-14-20(23)22(2)13-15-4-9-18-19(12-15)27-11-10-26-18/h4-9,12H,3,10-11,13-14H2,1-2H3. The Bertz CT molecular complexity index is 833. The number of hydrogen-bond acceptors (Lipinski definition) is 6. The number of ether oxygens (including phenoxy) is 4. The minimum Gasteiger partial charge on any atom is -0.486 e. The number of hydrogen-bond donors (Lipinski definition) is 0. The average Bonchev–Trinajstić information content (AvgIpc) is 2.72. The van der Waals surface area contributed by atoms with Crippen LogP contribution in [0.3, 0.4) is 0 Å². The summed E-state index contributed by atoms with van der Waals surface area (Å²) in [5.74, 6) is 1.38. The Morgan fingerprint density at radius 1 is 1.04 bits per heavy atom. The molecule has 3 rings (SSSR count). The number of nitrogens with zero attached hydrogens (tertiary/aromatic N) is 1. The smallest absolute Gasteiger partial charge is 0.338 e. The predicted octanol–water partition coefficient (Wildman–Crippen LogP) is 2.67. The lowest BCUT2D eigenvalue weighted by Crippen LogP contribution is -2.31. The van der Waals surface area contributed by atoms with Gasteiger partial charge in [0, 0.05) is 13.6 Å². The van der Waals surface area contributed by atoms with Crippen LogP contribution >= 0.6 is 0 Å². The number of carbonyl (C=O) groups is 2. The number of benzene rings is 2. The molecule has 2 aromatic carbocycles. The molecule has 1 heterocycles. The molecule has 1 amide bonds. The lowest BCUT2D eigenvalue weighted by Gasteiger charge is -2.21. The fraction of sp³-hybridized carbons (Fsp3) is 0.333. The van der Waals surface area contributed by atoms with Crippen LogP contribution in [0.25, 0.3) is 0 Å². The quantitative estimate of drug-likeness (QED) is 0.682. The molecular weight excluding hydrogens is 362 g/mol. The van der Waals surface area contributed by atoms with E-state index in [1.807, 2.05) is 18.2 Å². The van der Waals surface area contributed by atoms with Crippen LogP contribution in [0.1, 0.15) is 22.8 Å². The molecule has 0 unspecified atom stereocenters. The molecule has 0 spiro atoms. The molecule has 1 aliphatic heterocycles. The molecule has 7 heteroatoms. The summed E-state index contributed by atoms with van der Waals surface area (Å²) in [6.45, 7) is 3.47. The van der Waals surface area contributed by atoms with E-state index in [0.29, 0.717) is 43.4 Å². The minimum atomic E-state index is -0.385. The van der Waals surface area contributed by atoms with E-state index in [9.17, 15) is 9.59 Å². The van der Waals surface area contributed by atoms with E-state index in [1.165, 1.54) is 0 Å². The van der Waals surface area contributed by atoms with Gasteiger partial charge in [-0.15, -0.1) is 0 Å². The molecule has 0 aliphatic carbocycles. The van der Waals surface area contributed by atoms with E-state index >= 15 is 0 Å². The van der Waals surface area contributed by atoms with Crippen molar-refractivity contribution in [2.24, 2.45) is 0 Å². The third-order valence-corrected chi connectivity index (χ3v) is 4.18. The van der Waals surface area contributed by atoms with Crippen molar-refractivity contribution in [3.8, 4) is 17.2 Å². The Hall–Kier alpha value is -3.22. The maximum Gasteiger partial charge on any atom is 0.338 e. The Kier molecular flexibility index (Phi) is 6.37. The number of likely N-dealkylation sites (N-methyl/N-ethyl adjacent to an activating group) is 1. The number of esters is 1. The normalized spacial score (nSPS) is 12.2. The molecule has 0 bridgehead atoms. The topological polar surface area (TPSA) is 74.3 Å². The first-order valence-electron chi connectivity index (χ1n) is 9.09. The molecule has 7 nitrogen and oxygen atoms in total. The Labute approximate surface area is 163 Å². The van der Waals surface area contributed by atoms with Crippen LogP contribution in [0.5, 0.6) is 17.2 Å². The van der Waals surface area contributed by atoms with Gasteiger partial charge in [0.05, 0.1) is 12.2 Å². The summed E-state index contributed by atoms with van der Waals surface area (Å²) in [6, 6.07) is 12.1. The van der Waals surface area contributed by atoms with Crippen LogP contribution in [-0.2, 0) is 16.1 Å². The summed E-state index contributed by atoms with van der Waals surface area (Å²) < 4.78 is 21.5. The van der Waals surface area contributed by atoms with Gasteiger partial charge in [-0.2, -0.15) is 0 Å². The molecule has 0 radical (unpaired) electrons. The highest BCUT2D eigenvalue weighted by Crippen LogP contribution is 2.31. The number of carbonyl (C=O) groups excluding carboxylic acids is 2. The second-order valence-corrected chi connectivity index (χ2v) is 6.26. The molecule has 1 aliphatic rings. The summed E-state index contributed by atoms with van der Waals surface area (Å²) in [4.78, 5) is 25.6. The van der Waals surface area contributed by atoms with Crippen LogP contribution in [0, 0.1) is 0 Å². The van der Waals surface area contributed by atoms with E-state index in [-0.39, 0.29) is 18.5 Å². The van der Waals surface area contributed by atoms with Crippen molar-refractivity contribution in [2.75, 3.05) is 33.5 Å². The zero-order chi connectivity index (χ0) is 19.9. The van der Waals surface area contributed by atoms with Gasteiger partial charge in [0.15, 0.2) is 18.1 Å². The second kappa shape index (κ2) is 9.12. The highest BCUT2D eigenvalue weighted by atomic mass is 16.6. The fourth-order valence-electron chi connectivity index (χ4n) is 2.71. The van der Waals surface area contributed by atoms with Gasteiger partial charge in [0.1, 0.15) is 19.0 Å². The Morgan fingerprint density at radius 3 is 2.46 bits per heavy atom. The van der Waals surface area contributed by atoms with Crippen molar-refractivity contribution in [1.29, 1.82) is 0 Å². The van der Waals surface area contributed by atoms with Gasteiger partial charge in [-0.1, -0.05) is 6.07 Å². The number of rotatable bonds is 7. The van der Waals surface area contributed by atoms with Crippen molar-refractivity contribution < 1.29 is 28.5 Å². The summed E-state index contributed by atoms with van der Waals surface area (Å²) in [5.41, 5.74) is 1.38. The molecular formula is C21H23NO6. The molecule has 148 valence electrons. The zero-order valence-corrected chi connectivity index (χ0v) is 16.0. The highest BCUT2D eigenvalue weighted by molar-refractivity contribution is 5.89. The van der Waals surface area contributed by atoms with Gasteiger partial charge < -0.3 is 23.8 Å². The SMILES string of the molecule is CCOC(=O)c1ccc(OCC(=O)N(C)Cc2ccc3c(c2)OCCO3)cc1. The molecule has 0 saturated carbocycles. The van der Waals surface area contributed by atoms with E-state index in [4.69, 9.17) is 18.9 Å².